The zero-order valence-corrected chi connectivity index (χ0v) is 18.4. The summed E-state index contributed by atoms with van der Waals surface area (Å²) in [6.07, 6.45) is 2.15. The second-order valence-corrected chi connectivity index (χ2v) is 8.56. The van der Waals surface area contributed by atoms with E-state index in [1.54, 1.807) is 19.2 Å². The van der Waals surface area contributed by atoms with E-state index in [0.717, 1.165) is 35.9 Å². The fourth-order valence-corrected chi connectivity index (χ4v) is 4.70. The Bertz CT molecular complexity index is 1030. The highest BCUT2D eigenvalue weighted by Crippen LogP contribution is 2.51. The van der Waals surface area contributed by atoms with E-state index in [4.69, 9.17) is 18.9 Å². The summed E-state index contributed by atoms with van der Waals surface area (Å²) >= 11 is 0. The van der Waals surface area contributed by atoms with Gasteiger partial charge in [0.25, 0.3) is 0 Å². The number of para-hydroxylation sites is 1. The van der Waals surface area contributed by atoms with E-state index in [1.807, 2.05) is 12.1 Å². The van der Waals surface area contributed by atoms with E-state index >= 15 is 0 Å². The highest BCUT2D eigenvalue weighted by molar-refractivity contribution is 5.85. The first-order valence-electron chi connectivity index (χ1n) is 10.3. The molecule has 2 aliphatic rings. The van der Waals surface area contributed by atoms with Crippen molar-refractivity contribution in [1.29, 1.82) is 0 Å². The van der Waals surface area contributed by atoms with Crippen LogP contribution in [0.4, 0.5) is 0 Å². The zero-order valence-electron chi connectivity index (χ0n) is 18.4. The molecule has 0 saturated carbocycles. The maximum Gasteiger partial charge on any atom is 0.231 e. The molecule has 164 valence electrons. The first-order valence-corrected chi connectivity index (χ1v) is 10.3. The van der Waals surface area contributed by atoms with Gasteiger partial charge in [0.05, 0.1) is 52.4 Å². The van der Waals surface area contributed by atoms with E-state index in [9.17, 15) is 9.59 Å². The third-order valence-corrected chi connectivity index (χ3v) is 6.35. The van der Waals surface area contributed by atoms with Crippen LogP contribution in [0.5, 0.6) is 23.0 Å². The molecule has 1 unspecified atom stereocenters. The number of fused-ring (bicyclic) bond motifs is 2. The Morgan fingerprint density at radius 3 is 2.68 bits per heavy atom. The second-order valence-electron chi connectivity index (χ2n) is 8.56. The quantitative estimate of drug-likeness (QED) is 0.501. The van der Waals surface area contributed by atoms with Gasteiger partial charge < -0.3 is 23.4 Å². The first-order chi connectivity index (χ1) is 14.9. The van der Waals surface area contributed by atoms with Crippen LogP contribution in [0, 0.1) is 0 Å². The summed E-state index contributed by atoms with van der Waals surface area (Å²) in [5, 5.41) is 0. The average molecular weight is 426 g/mol. The molecule has 31 heavy (non-hydrogen) atoms. The third kappa shape index (κ3) is 3.74. The van der Waals surface area contributed by atoms with Crippen molar-refractivity contribution in [2.24, 2.45) is 0 Å². The minimum atomic E-state index is -0.0825. The Kier molecular flexibility index (Phi) is 5.62. The Hall–Kier alpha value is -3.06. The van der Waals surface area contributed by atoms with Gasteiger partial charge in [-0.1, -0.05) is 12.1 Å². The zero-order chi connectivity index (χ0) is 22.2. The van der Waals surface area contributed by atoms with Gasteiger partial charge in [0.15, 0.2) is 17.8 Å². The molecule has 0 fully saturated rings. The third-order valence-electron chi connectivity index (χ3n) is 6.35. The second kappa shape index (κ2) is 8.23. The summed E-state index contributed by atoms with van der Waals surface area (Å²) in [5.41, 5.74) is 3.32. The standard InChI is InChI=1S/C24H28NO6/c1-25(2)9-8-15-11-20-23(31-14-30-20)24(29-4)21(15)19(25)12-18(27)10-16-6-5-7-17(13-26)22(16)28-3/h5-7,11,13,19H,8-10,12,14H2,1-4H3/q+1. The van der Waals surface area contributed by atoms with E-state index in [1.165, 1.54) is 7.11 Å². The van der Waals surface area contributed by atoms with Crippen molar-refractivity contribution in [3.05, 3.63) is 46.5 Å². The number of carbonyl (C=O) groups is 2. The Morgan fingerprint density at radius 1 is 1.19 bits per heavy atom. The molecule has 0 bridgehead atoms. The van der Waals surface area contributed by atoms with Crippen LogP contribution in [-0.2, 0) is 17.6 Å². The number of quaternary nitrogens is 1. The number of hydrogen-bond acceptors (Lipinski definition) is 6. The van der Waals surface area contributed by atoms with Crippen LogP contribution in [0.2, 0.25) is 0 Å². The van der Waals surface area contributed by atoms with Gasteiger partial charge >= 0.3 is 0 Å². The topological polar surface area (TPSA) is 71.1 Å². The molecule has 0 aliphatic carbocycles. The van der Waals surface area contributed by atoms with Crippen molar-refractivity contribution < 1.29 is 33.0 Å². The van der Waals surface area contributed by atoms with Crippen LogP contribution in [0.25, 0.3) is 0 Å². The number of ketones is 1. The van der Waals surface area contributed by atoms with Crippen molar-refractivity contribution >= 4 is 12.1 Å². The molecule has 0 amide bonds. The molecule has 0 spiro atoms. The van der Waals surface area contributed by atoms with Crippen molar-refractivity contribution in [3.63, 3.8) is 0 Å². The number of likely N-dealkylation sites (N-methyl/N-ethyl adjacent to an activating group) is 1. The molecular formula is C24H28NO6+. The van der Waals surface area contributed by atoms with Gasteiger partial charge in [-0.2, -0.15) is 0 Å². The molecular weight excluding hydrogens is 398 g/mol. The highest BCUT2D eigenvalue weighted by atomic mass is 16.7. The van der Waals surface area contributed by atoms with Crippen molar-refractivity contribution in [3.8, 4) is 23.0 Å². The molecule has 0 saturated heterocycles. The maximum atomic E-state index is 13.2. The minimum Gasteiger partial charge on any atom is -0.496 e. The van der Waals surface area contributed by atoms with Crippen LogP contribution in [-0.4, -0.2) is 58.2 Å². The molecule has 2 aromatic carbocycles. The smallest absolute Gasteiger partial charge is 0.231 e. The lowest BCUT2D eigenvalue weighted by molar-refractivity contribution is -0.922. The van der Waals surface area contributed by atoms with Gasteiger partial charge in [0.1, 0.15) is 17.6 Å². The van der Waals surface area contributed by atoms with Crippen LogP contribution in [0.3, 0.4) is 0 Å². The van der Waals surface area contributed by atoms with Gasteiger partial charge in [0.2, 0.25) is 12.5 Å². The molecule has 2 heterocycles. The van der Waals surface area contributed by atoms with Gasteiger partial charge in [-0.15, -0.1) is 0 Å². The monoisotopic (exact) mass is 426 g/mol. The average Bonchev–Trinajstić information content (AvgIpc) is 3.22. The van der Waals surface area contributed by atoms with E-state index < -0.39 is 0 Å². The number of nitrogens with zero attached hydrogens (tertiary/aromatic N) is 1. The summed E-state index contributed by atoms with van der Waals surface area (Å²) < 4.78 is 23.1. The van der Waals surface area contributed by atoms with Gasteiger partial charge in [-0.3, -0.25) is 9.59 Å². The van der Waals surface area contributed by atoms with E-state index in [0.29, 0.717) is 39.5 Å². The number of benzene rings is 2. The van der Waals surface area contributed by atoms with Gasteiger partial charge in [0, 0.05) is 18.4 Å². The SMILES string of the molecule is COc1c(C=O)cccc1CC(=O)CC1c2c(cc3c(c2OC)OCO3)CC[N+]1(C)C. The minimum absolute atomic E-state index is 0.0742. The maximum absolute atomic E-state index is 13.2. The summed E-state index contributed by atoms with van der Waals surface area (Å²) in [5.74, 6) is 2.51. The predicted molar refractivity (Wildman–Crippen MR) is 114 cm³/mol. The molecule has 4 rings (SSSR count). The summed E-state index contributed by atoms with van der Waals surface area (Å²) in [7, 11) is 7.42. The lowest BCUT2D eigenvalue weighted by Crippen LogP contribution is -2.48. The summed E-state index contributed by atoms with van der Waals surface area (Å²) in [4.78, 5) is 24.6. The molecule has 2 aromatic rings. The number of carbonyl (C=O) groups excluding carboxylic acids is 2. The van der Waals surface area contributed by atoms with Crippen LogP contribution >= 0.6 is 0 Å². The van der Waals surface area contributed by atoms with Crippen molar-refractivity contribution in [2.45, 2.75) is 25.3 Å². The Balaban J connectivity index is 1.68. The van der Waals surface area contributed by atoms with Gasteiger partial charge in [-0.05, 0) is 17.7 Å². The van der Waals surface area contributed by atoms with Crippen LogP contribution < -0.4 is 18.9 Å². The lowest BCUT2D eigenvalue weighted by atomic mass is 9.86. The van der Waals surface area contributed by atoms with Crippen molar-refractivity contribution in [1.82, 2.24) is 0 Å². The summed E-state index contributed by atoms with van der Waals surface area (Å²) in [6.45, 7) is 1.07. The Labute approximate surface area is 182 Å². The highest BCUT2D eigenvalue weighted by Gasteiger charge is 2.42. The largest absolute Gasteiger partial charge is 0.496 e. The normalized spacial score (nSPS) is 18.3. The fraction of sp³-hybridized carbons (Fsp3) is 0.417. The number of rotatable bonds is 7. The summed E-state index contributed by atoms with van der Waals surface area (Å²) in [6, 6.07) is 7.23. The first kappa shape index (κ1) is 21.2. The van der Waals surface area contributed by atoms with Gasteiger partial charge in [-0.25, -0.2) is 0 Å². The van der Waals surface area contributed by atoms with Crippen LogP contribution in [0.1, 0.15) is 39.5 Å². The number of aldehydes is 1. The molecule has 0 N–H and O–H groups in total. The number of Topliss-reactive ketones (excluding diaryl/α,β-unsaturated/α-hetero) is 1. The molecule has 1 atom stereocenters. The Morgan fingerprint density at radius 2 is 1.97 bits per heavy atom. The molecule has 7 heteroatoms. The van der Waals surface area contributed by atoms with Crippen molar-refractivity contribution in [2.75, 3.05) is 41.7 Å². The van der Waals surface area contributed by atoms with E-state index in [2.05, 4.69) is 14.1 Å². The van der Waals surface area contributed by atoms with Crippen LogP contribution in [0.15, 0.2) is 24.3 Å². The molecule has 7 nitrogen and oxygen atoms in total. The lowest BCUT2D eigenvalue weighted by Gasteiger charge is -2.43. The molecule has 0 aromatic heterocycles. The predicted octanol–water partition coefficient (Wildman–Crippen LogP) is 3.12. The molecule has 2 aliphatic heterocycles. The molecule has 0 radical (unpaired) electrons. The number of hydrogen-bond donors (Lipinski definition) is 0. The van der Waals surface area contributed by atoms with E-state index in [-0.39, 0.29) is 25.0 Å². The number of methoxy groups -OCH3 is 2. The number of ether oxygens (including phenoxy) is 4. The fourth-order valence-electron chi connectivity index (χ4n) is 4.70.